The number of aromatic nitrogens is 3. The van der Waals surface area contributed by atoms with Gasteiger partial charge in [0.25, 0.3) is 5.56 Å². The minimum atomic E-state index is -0.134. The fourth-order valence-electron chi connectivity index (χ4n) is 4.06. The maximum atomic E-state index is 13.8. The molecule has 0 spiro atoms. The van der Waals surface area contributed by atoms with E-state index in [2.05, 4.69) is 32.0 Å². The maximum absolute atomic E-state index is 13.8. The highest BCUT2D eigenvalue weighted by molar-refractivity contribution is 7.99. The van der Waals surface area contributed by atoms with Gasteiger partial charge in [0.05, 0.1) is 5.39 Å². The average Bonchev–Trinajstić information content (AvgIpc) is 3.27. The van der Waals surface area contributed by atoms with Gasteiger partial charge < -0.3 is 0 Å². The van der Waals surface area contributed by atoms with Gasteiger partial charge in [0, 0.05) is 26.6 Å². The molecular formula is C27H19N3OS2. The molecule has 0 radical (unpaired) electrons. The van der Waals surface area contributed by atoms with Crippen LogP contribution in [0.3, 0.4) is 0 Å². The predicted molar refractivity (Wildman–Crippen MR) is 138 cm³/mol. The van der Waals surface area contributed by atoms with Crippen LogP contribution in [0.2, 0.25) is 0 Å². The quantitative estimate of drug-likeness (QED) is 0.267. The van der Waals surface area contributed by atoms with Crippen LogP contribution in [0.4, 0.5) is 0 Å². The van der Waals surface area contributed by atoms with Crippen LogP contribution < -0.4 is 5.56 Å². The van der Waals surface area contributed by atoms with E-state index in [0.29, 0.717) is 11.0 Å². The standard InChI is InChI=1S/C27H19N3OS2/c1-16-12-13-18(14-17(16)2)22-15-32-26-23(22)27(31)30-24(28-26)20-10-6-7-11-21(20)25(29-30)33-19-8-4-3-5-9-19/h3-15H,1-2H3. The van der Waals surface area contributed by atoms with Crippen LogP contribution in [-0.4, -0.2) is 14.6 Å². The van der Waals surface area contributed by atoms with Crippen LogP contribution in [0.5, 0.6) is 0 Å². The van der Waals surface area contributed by atoms with E-state index >= 15 is 0 Å². The van der Waals surface area contributed by atoms with Gasteiger partial charge in [0.2, 0.25) is 0 Å². The van der Waals surface area contributed by atoms with Gasteiger partial charge in [-0.3, -0.25) is 4.79 Å². The fraction of sp³-hybridized carbons (Fsp3) is 0.0741. The maximum Gasteiger partial charge on any atom is 0.283 e. The van der Waals surface area contributed by atoms with Gasteiger partial charge in [-0.05, 0) is 42.7 Å². The molecule has 3 heterocycles. The van der Waals surface area contributed by atoms with Gasteiger partial charge in [-0.25, -0.2) is 4.98 Å². The third kappa shape index (κ3) is 3.34. The summed E-state index contributed by atoms with van der Waals surface area (Å²) in [6.45, 7) is 4.18. The van der Waals surface area contributed by atoms with Gasteiger partial charge in [0.1, 0.15) is 9.86 Å². The Labute approximate surface area is 198 Å². The van der Waals surface area contributed by atoms with Gasteiger partial charge >= 0.3 is 0 Å². The lowest BCUT2D eigenvalue weighted by atomic mass is 10.0. The van der Waals surface area contributed by atoms with Crippen molar-refractivity contribution >= 4 is 49.7 Å². The van der Waals surface area contributed by atoms with E-state index in [4.69, 9.17) is 10.1 Å². The lowest BCUT2D eigenvalue weighted by Gasteiger charge is -2.10. The topological polar surface area (TPSA) is 47.3 Å². The molecule has 0 aliphatic heterocycles. The first-order valence-corrected chi connectivity index (χ1v) is 12.3. The third-order valence-electron chi connectivity index (χ3n) is 5.95. The number of benzene rings is 3. The van der Waals surface area contributed by atoms with Crippen molar-refractivity contribution in [2.75, 3.05) is 0 Å². The molecule has 33 heavy (non-hydrogen) atoms. The van der Waals surface area contributed by atoms with Crippen LogP contribution in [0.15, 0.2) is 92.9 Å². The first kappa shape index (κ1) is 20.1. The molecular weight excluding hydrogens is 446 g/mol. The Kier molecular flexibility index (Phi) is 4.78. The molecule has 6 aromatic rings. The molecule has 6 rings (SSSR count). The highest BCUT2D eigenvalue weighted by Crippen LogP contribution is 2.35. The molecule has 0 N–H and O–H groups in total. The van der Waals surface area contributed by atoms with E-state index in [1.54, 1.807) is 11.8 Å². The average molecular weight is 466 g/mol. The number of hydrogen-bond acceptors (Lipinski definition) is 5. The summed E-state index contributed by atoms with van der Waals surface area (Å²) in [6, 6.07) is 24.4. The summed E-state index contributed by atoms with van der Waals surface area (Å²) in [4.78, 5) is 20.5. The fourth-order valence-corrected chi connectivity index (χ4v) is 5.92. The summed E-state index contributed by atoms with van der Waals surface area (Å²) in [5.41, 5.74) is 4.83. The summed E-state index contributed by atoms with van der Waals surface area (Å²) in [7, 11) is 0. The number of nitrogens with zero attached hydrogens (tertiary/aromatic N) is 3. The molecule has 0 bridgehead atoms. The van der Waals surface area contributed by atoms with E-state index in [-0.39, 0.29) is 5.56 Å². The zero-order chi connectivity index (χ0) is 22.5. The molecule has 0 atom stereocenters. The second kappa shape index (κ2) is 7.83. The van der Waals surface area contributed by atoms with Crippen LogP contribution in [0.1, 0.15) is 11.1 Å². The Hall–Kier alpha value is -3.48. The predicted octanol–water partition coefficient (Wildman–Crippen LogP) is 6.89. The van der Waals surface area contributed by atoms with Gasteiger partial charge in [-0.1, -0.05) is 72.4 Å². The molecule has 0 amide bonds. The summed E-state index contributed by atoms with van der Waals surface area (Å²) < 4.78 is 1.48. The van der Waals surface area contributed by atoms with Crippen molar-refractivity contribution in [3.05, 3.63) is 99.7 Å². The van der Waals surface area contributed by atoms with Crippen molar-refractivity contribution in [2.45, 2.75) is 23.8 Å². The van der Waals surface area contributed by atoms with Crippen molar-refractivity contribution in [3.8, 4) is 11.1 Å². The molecule has 0 fully saturated rings. The lowest BCUT2D eigenvalue weighted by Crippen LogP contribution is -2.18. The zero-order valence-corrected chi connectivity index (χ0v) is 19.7. The van der Waals surface area contributed by atoms with Crippen LogP contribution in [0, 0.1) is 13.8 Å². The summed E-state index contributed by atoms with van der Waals surface area (Å²) >= 11 is 3.06. The molecule has 0 aliphatic rings. The Morgan fingerprint density at radius 2 is 1.64 bits per heavy atom. The summed E-state index contributed by atoms with van der Waals surface area (Å²) in [5, 5.41) is 10.2. The van der Waals surface area contributed by atoms with E-state index in [0.717, 1.165) is 36.7 Å². The minimum absolute atomic E-state index is 0.134. The molecule has 0 aliphatic carbocycles. The van der Waals surface area contributed by atoms with Crippen molar-refractivity contribution in [1.82, 2.24) is 14.6 Å². The third-order valence-corrected chi connectivity index (χ3v) is 7.83. The van der Waals surface area contributed by atoms with Crippen molar-refractivity contribution in [3.63, 3.8) is 0 Å². The Bertz CT molecular complexity index is 1740. The molecule has 6 heteroatoms. The van der Waals surface area contributed by atoms with Crippen molar-refractivity contribution in [2.24, 2.45) is 0 Å². The zero-order valence-electron chi connectivity index (χ0n) is 18.1. The summed E-state index contributed by atoms with van der Waals surface area (Å²) in [5.74, 6) is 0. The first-order chi connectivity index (χ1) is 16.1. The van der Waals surface area contributed by atoms with Crippen LogP contribution >= 0.6 is 23.1 Å². The Morgan fingerprint density at radius 3 is 2.42 bits per heavy atom. The van der Waals surface area contributed by atoms with Crippen molar-refractivity contribution < 1.29 is 0 Å². The van der Waals surface area contributed by atoms with E-state index in [1.165, 1.54) is 27.0 Å². The number of hydrogen-bond donors (Lipinski definition) is 0. The normalized spacial score (nSPS) is 11.6. The number of thiophene rings is 1. The van der Waals surface area contributed by atoms with E-state index < -0.39 is 0 Å². The number of fused-ring (bicyclic) bond motifs is 4. The highest BCUT2D eigenvalue weighted by atomic mass is 32.2. The van der Waals surface area contributed by atoms with Gasteiger partial charge in [0.15, 0.2) is 5.65 Å². The molecule has 0 saturated heterocycles. The molecule has 0 unspecified atom stereocenters. The first-order valence-electron chi connectivity index (χ1n) is 10.6. The largest absolute Gasteiger partial charge is 0.283 e. The minimum Gasteiger partial charge on any atom is -0.267 e. The van der Waals surface area contributed by atoms with E-state index in [9.17, 15) is 4.79 Å². The second-order valence-electron chi connectivity index (χ2n) is 8.05. The molecule has 4 nitrogen and oxygen atoms in total. The van der Waals surface area contributed by atoms with E-state index in [1.807, 2.05) is 60.0 Å². The Balaban J connectivity index is 1.65. The highest BCUT2D eigenvalue weighted by Gasteiger charge is 2.18. The lowest BCUT2D eigenvalue weighted by molar-refractivity contribution is 0.836. The SMILES string of the molecule is Cc1ccc(-c2csc3nc4c5ccccc5c(Sc5ccccc5)nn4c(=O)c23)cc1C. The smallest absolute Gasteiger partial charge is 0.267 e. The van der Waals surface area contributed by atoms with Gasteiger partial charge in [-0.2, -0.15) is 9.61 Å². The Morgan fingerprint density at radius 1 is 0.879 bits per heavy atom. The van der Waals surface area contributed by atoms with Gasteiger partial charge in [-0.15, -0.1) is 11.3 Å². The molecule has 3 aromatic heterocycles. The number of aryl methyl sites for hydroxylation is 2. The molecule has 160 valence electrons. The monoisotopic (exact) mass is 465 g/mol. The van der Waals surface area contributed by atoms with Crippen LogP contribution in [0.25, 0.3) is 37.8 Å². The molecule has 0 saturated carbocycles. The summed E-state index contributed by atoms with van der Waals surface area (Å²) in [6.07, 6.45) is 0. The second-order valence-corrected chi connectivity index (χ2v) is 9.97. The number of rotatable bonds is 3. The van der Waals surface area contributed by atoms with Crippen molar-refractivity contribution in [1.29, 1.82) is 0 Å². The molecule has 3 aromatic carbocycles. The van der Waals surface area contributed by atoms with Crippen LogP contribution in [-0.2, 0) is 0 Å².